The fourth-order valence-corrected chi connectivity index (χ4v) is 5.14. The fraction of sp³-hybridized carbons (Fsp3) is 0.375. The molecule has 9 nitrogen and oxygen atoms in total. The lowest BCUT2D eigenvalue weighted by atomic mass is 9.94. The number of benzene rings is 1. The SMILES string of the molecule is FC(F)(F)c1nc(N2CCc3c([nH]c4ccc(Cl)cc34)C2c2cnc(N3CCOCC3)nc2)nc(C(F)(F)F)n1. The van der Waals surface area contributed by atoms with E-state index in [1.165, 1.54) is 17.3 Å². The van der Waals surface area contributed by atoms with Crippen molar-refractivity contribution < 1.29 is 31.1 Å². The second-order valence-corrected chi connectivity index (χ2v) is 9.68. The highest BCUT2D eigenvalue weighted by molar-refractivity contribution is 6.31. The molecule has 2 aliphatic rings. The highest BCUT2D eigenvalue weighted by Gasteiger charge is 2.43. The third kappa shape index (κ3) is 4.87. The van der Waals surface area contributed by atoms with E-state index in [1.54, 1.807) is 18.2 Å². The topological polar surface area (TPSA) is 96.0 Å². The third-order valence-electron chi connectivity index (χ3n) is 6.74. The molecular formula is C24H19ClF6N8O. The molecule has 0 bridgehead atoms. The zero-order valence-electron chi connectivity index (χ0n) is 20.4. The minimum Gasteiger partial charge on any atom is -0.378 e. The van der Waals surface area contributed by atoms with Crippen LogP contribution in [0.3, 0.4) is 0 Å². The average Bonchev–Trinajstić information content (AvgIpc) is 3.30. The van der Waals surface area contributed by atoms with Crippen LogP contribution in [-0.2, 0) is 23.5 Å². The number of aromatic nitrogens is 6. The first kappa shape index (κ1) is 26.5. The van der Waals surface area contributed by atoms with Gasteiger partial charge in [-0.1, -0.05) is 11.6 Å². The highest BCUT2D eigenvalue weighted by atomic mass is 35.5. The van der Waals surface area contributed by atoms with Gasteiger partial charge in [-0.05, 0) is 30.2 Å². The van der Waals surface area contributed by atoms with Crippen molar-refractivity contribution in [2.24, 2.45) is 0 Å². The Hall–Kier alpha value is -3.72. The van der Waals surface area contributed by atoms with Gasteiger partial charge in [0.25, 0.3) is 0 Å². The number of hydrogen-bond donors (Lipinski definition) is 1. The van der Waals surface area contributed by atoms with E-state index in [9.17, 15) is 26.3 Å². The van der Waals surface area contributed by atoms with Gasteiger partial charge in [-0.3, -0.25) is 0 Å². The summed E-state index contributed by atoms with van der Waals surface area (Å²) in [7, 11) is 0. The first-order valence-corrected chi connectivity index (χ1v) is 12.5. The molecule has 5 heterocycles. The predicted molar refractivity (Wildman–Crippen MR) is 131 cm³/mol. The molecule has 2 aliphatic heterocycles. The van der Waals surface area contributed by atoms with E-state index in [-0.39, 0.29) is 13.0 Å². The molecule has 1 N–H and O–H groups in total. The summed E-state index contributed by atoms with van der Waals surface area (Å²) in [5.41, 5.74) is 2.47. The normalized spacial score (nSPS) is 18.3. The van der Waals surface area contributed by atoms with Gasteiger partial charge in [0.05, 0.1) is 13.2 Å². The first-order valence-electron chi connectivity index (χ1n) is 12.1. The van der Waals surface area contributed by atoms with E-state index in [4.69, 9.17) is 16.3 Å². The van der Waals surface area contributed by atoms with Crippen LogP contribution < -0.4 is 9.80 Å². The van der Waals surface area contributed by atoms with Gasteiger partial charge in [0.1, 0.15) is 6.04 Å². The van der Waals surface area contributed by atoms with E-state index in [2.05, 4.69) is 29.9 Å². The summed E-state index contributed by atoms with van der Waals surface area (Å²) in [6.45, 7) is 2.16. The number of halogens is 7. The Labute approximate surface area is 227 Å². The number of hydrogen-bond acceptors (Lipinski definition) is 8. The van der Waals surface area contributed by atoms with Gasteiger partial charge in [0.2, 0.25) is 23.5 Å². The second-order valence-electron chi connectivity index (χ2n) is 9.25. The maximum Gasteiger partial charge on any atom is 0.451 e. The van der Waals surface area contributed by atoms with Crippen LogP contribution in [0.1, 0.15) is 34.5 Å². The Kier molecular flexibility index (Phi) is 6.45. The summed E-state index contributed by atoms with van der Waals surface area (Å²) in [6.07, 6.45) is -7.18. The van der Waals surface area contributed by atoms with Crippen molar-refractivity contribution in [3.05, 3.63) is 64.1 Å². The number of alkyl halides is 6. The van der Waals surface area contributed by atoms with Crippen molar-refractivity contribution >= 4 is 34.4 Å². The van der Waals surface area contributed by atoms with Crippen molar-refractivity contribution in [3.8, 4) is 0 Å². The number of ether oxygens (including phenoxy) is 1. The number of aromatic amines is 1. The van der Waals surface area contributed by atoms with E-state index in [0.717, 1.165) is 10.9 Å². The molecule has 1 unspecified atom stereocenters. The van der Waals surface area contributed by atoms with Crippen molar-refractivity contribution in [1.82, 2.24) is 29.9 Å². The summed E-state index contributed by atoms with van der Waals surface area (Å²) in [5.74, 6) is -4.20. The summed E-state index contributed by atoms with van der Waals surface area (Å²) in [6, 6.07) is 4.25. The lowest BCUT2D eigenvalue weighted by molar-refractivity contribution is -0.155. The Bertz CT molecular complexity index is 1520. The lowest BCUT2D eigenvalue weighted by Crippen LogP contribution is -2.39. The van der Waals surface area contributed by atoms with Crippen LogP contribution in [-0.4, -0.2) is 62.8 Å². The zero-order chi connectivity index (χ0) is 28.2. The molecule has 4 aromatic rings. The lowest BCUT2D eigenvalue weighted by Gasteiger charge is -2.36. The molecule has 1 fully saturated rings. The summed E-state index contributed by atoms with van der Waals surface area (Å²) >= 11 is 6.21. The van der Waals surface area contributed by atoms with E-state index >= 15 is 0 Å². The second kappa shape index (κ2) is 9.73. The van der Waals surface area contributed by atoms with Gasteiger partial charge in [0, 0.05) is 59.2 Å². The number of nitrogens with zero attached hydrogens (tertiary/aromatic N) is 7. The van der Waals surface area contributed by atoms with Crippen LogP contribution in [0.2, 0.25) is 5.02 Å². The first-order chi connectivity index (χ1) is 19.0. The summed E-state index contributed by atoms with van der Waals surface area (Å²) in [5, 5.41) is 1.27. The van der Waals surface area contributed by atoms with Crippen LogP contribution in [0.4, 0.5) is 38.2 Å². The zero-order valence-corrected chi connectivity index (χ0v) is 21.1. The van der Waals surface area contributed by atoms with Crippen molar-refractivity contribution in [3.63, 3.8) is 0 Å². The Balaban J connectivity index is 1.50. The summed E-state index contributed by atoms with van der Waals surface area (Å²) < 4.78 is 86.8. The molecule has 1 saturated heterocycles. The predicted octanol–water partition coefficient (Wildman–Crippen LogP) is 4.82. The molecule has 210 valence electrons. The average molecular weight is 585 g/mol. The molecule has 0 amide bonds. The monoisotopic (exact) mass is 584 g/mol. The van der Waals surface area contributed by atoms with Crippen molar-refractivity contribution in [2.45, 2.75) is 24.8 Å². The molecule has 3 aromatic heterocycles. The molecule has 1 atom stereocenters. The minimum absolute atomic E-state index is 0.000949. The van der Waals surface area contributed by atoms with Crippen molar-refractivity contribution in [2.75, 3.05) is 42.6 Å². The van der Waals surface area contributed by atoms with Gasteiger partial charge < -0.3 is 19.5 Å². The standard InChI is InChI=1S/C24H19ClF6N8O/c25-13-1-2-16-15(9-13)14-3-4-39(22-36-19(23(26,27)28)35-20(37-22)24(29,30)31)18(17(14)34-16)12-10-32-21(33-11-12)38-5-7-40-8-6-38/h1-2,9-11,18,34H,3-8H2. The van der Waals surface area contributed by atoms with Crippen molar-refractivity contribution in [1.29, 1.82) is 0 Å². The molecule has 6 rings (SSSR count). The van der Waals surface area contributed by atoms with E-state index in [0.29, 0.717) is 54.0 Å². The molecule has 16 heteroatoms. The molecule has 0 spiro atoms. The Morgan fingerprint density at radius 2 is 1.52 bits per heavy atom. The van der Waals surface area contributed by atoms with Gasteiger partial charge in [-0.2, -0.15) is 36.3 Å². The highest BCUT2D eigenvalue weighted by Crippen LogP contribution is 2.41. The third-order valence-corrected chi connectivity index (χ3v) is 6.98. The number of anilines is 2. The quantitative estimate of drug-likeness (QED) is 0.343. The molecule has 40 heavy (non-hydrogen) atoms. The van der Waals surface area contributed by atoms with Crippen LogP contribution in [0, 0.1) is 0 Å². The largest absolute Gasteiger partial charge is 0.451 e. The smallest absolute Gasteiger partial charge is 0.378 e. The number of nitrogens with one attached hydrogen (secondary N) is 1. The van der Waals surface area contributed by atoms with Crippen LogP contribution in [0.25, 0.3) is 10.9 Å². The summed E-state index contributed by atoms with van der Waals surface area (Å²) in [4.78, 5) is 24.9. The Morgan fingerprint density at radius 3 is 2.15 bits per heavy atom. The molecule has 0 saturated carbocycles. The molecule has 0 aliphatic carbocycles. The van der Waals surface area contributed by atoms with E-state index < -0.39 is 36.0 Å². The Morgan fingerprint density at radius 1 is 0.875 bits per heavy atom. The maximum atomic E-state index is 13.6. The van der Waals surface area contributed by atoms with Crippen LogP contribution >= 0.6 is 11.6 Å². The number of rotatable bonds is 3. The fourth-order valence-electron chi connectivity index (χ4n) is 4.97. The van der Waals surface area contributed by atoms with E-state index in [1.807, 2.05) is 4.90 Å². The number of morpholine rings is 1. The molecule has 1 aromatic carbocycles. The molecular weight excluding hydrogens is 566 g/mol. The van der Waals surface area contributed by atoms with Crippen LogP contribution in [0.5, 0.6) is 0 Å². The maximum absolute atomic E-state index is 13.6. The number of fused-ring (bicyclic) bond motifs is 3. The van der Waals surface area contributed by atoms with Gasteiger partial charge in [0.15, 0.2) is 0 Å². The number of H-pyrrole nitrogens is 1. The van der Waals surface area contributed by atoms with Crippen LogP contribution in [0.15, 0.2) is 30.6 Å². The van der Waals surface area contributed by atoms with Gasteiger partial charge >= 0.3 is 12.4 Å². The molecule has 0 radical (unpaired) electrons. The minimum atomic E-state index is -5.23. The van der Waals surface area contributed by atoms with Gasteiger partial charge in [-0.15, -0.1) is 0 Å². The van der Waals surface area contributed by atoms with Gasteiger partial charge in [-0.25, -0.2) is 15.0 Å².